The van der Waals surface area contributed by atoms with Gasteiger partial charge in [0.1, 0.15) is 5.56 Å². The van der Waals surface area contributed by atoms with E-state index in [-0.39, 0.29) is 23.5 Å². The van der Waals surface area contributed by atoms with Gasteiger partial charge in [-0.3, -0.25) is 9.59 Å². The molecule has 1 amide bonds. The van der Waals surface area contributed by atoms with Crippen molar-refractivity contribution in [3.63, 3.8) is 0 Å². The van der Waals surface area contributed by atoms with Crippen LogP contribution in [0.3, 0.4) is 0 Å². The van der Waals surface area contributed by atoms with Gasteiger partial charge in [-0.05, 0) is 54.2 Å². The molecule has 2 N–H and O–H groups in total. The fourth-order valence-corrected chi connectivity index (χ4v) is 3.69. The minimum absolute atomic E-state index is 0.0989. The van der Waals surface area contributed by atoms with Crippen molar-refractivity contribution in [3.05, 3.63) is 80.6 Å². The maximum absolute atomic E-state index is 13.1. The van der Waals surface area contributed by atoms with Crippen LogP contribution in [0.15, 0.2) is 53.5 Å². The summed E-state index contributed by atoms with van der Waals surface area (Å²) in [5, 5.41) is 13.3. The Kier molecular flexibility index (Phi) is 6.72. The number of halogens is 1. The van der Waals surface area contributed by atoms with Crippen LogP contribution in [-0.2, 0) is 13.6 Å². The Hall–Kier alpha value is -2.63. The first-order chi connectivity index (χ1) is 13.9. The van der Waals surface area contributed by atoms with Crippen molar-refractivity contribution < 1.29 is 9.90 Å². The van der Waals surface area contributed by atoms with E-state index in [2.05, 4.69) is 12.2 Å². The number of benzene rings is 2. The third-order valence-electron chi connectivity index (χ3n) is 5.27. The molecule has 0 aliphatic heterocycles. The number of rotatable bonds is 7. The van der Waals surface area contributed by atoms with Crippen molar-refractivity contribution in [2.45, 2.75) is 32.2 Å². The molecule has 2 aromatic carbocycles. The van der Waals surface area contributed by atoms with Crippen LogP contribution >= 0.6 is 11.6 Å². The number of aliphatic hydroxyl groups excluding tert-OH is 1. The van der Waals surface area contributed by atoms with Crippen LogP contribution in [0.25, 0.3) is 10.9 Å². The summed E-state index contributed by atoms with van der Waals surface area (Å²) < 4.78 is 1.80. The summed E-state index contributed by atoms with van der Waals surface area (Å²) in [6.07, 6.45) is 3.09. The second-order valence-corrected chi connectivity index (χ2v) is 7.62. The number of aromatic nitrogens is 1. The van der Waals surface area contributed by atoms with E-state index in [1.54, 1.807) is 22.9 Å². The van der Waals surface area contributed by atoms with Crippen LogP contribution in [0, 0.1) is 0 Å². The monoisotopic (exact) mass is 412 g/mol. The number of carbonyl (C=O) groups is 1. The van der Waals surface area contributed by atoms with Crippen molar-refractivity contribution in [2.24, 2.45) is 7.05 Å². The summed E-state index contributed by atoms with van der Waals surface area (Å²) in [7, 11) is 1.82. The molecule has 0 aliphatic carbocycles. The van der Waals surface area contributed by atoms with E-state index >= 15 is 0 Å². The first-order valence-electron chi connectivity index (χ1n) is 9.71. The van der Waals surface area contributed by atoms with Crippen molar-refractivity contribution in [2.75, 3.05) is 6.61 Å². The molecule has 29 heavy (non-hydrogen) atoms. The number of aliphatic hydroxyl groups is 1. The van der Waals surface area contributed by atoms with Gasteiger partial charge in [-0.1, -0.05) is 36.7 Å². The molecule has 0 saturated heterocycles. The van der Waals surface area contributed by atoms with E-state index in [0.717, 1.165) is 23.1 Å². The van der Waals surface area contributed by atoms with E-state index < -0.39 is 5.91 Å². The van der Waals surface area contributed by atoms with Crippen molar-refractivity contribution in [1.29, 1.82) is 0 Å². The zero-order valence-corrected chi connectivity index (χ0v) is 17.4. The van der Waals surface area contributed by atoms with Crippen molar-refractivity contribution >= 4 is 28.4 Å². The SMILES string of the molecule is CCC(CCO)c1ccc2c(c1)c(=O)c(C(=O)NCc1ccc(Cl)cc1)cn2C. The second-order valence-electron chi connectivity index (χ2n) is 7.19. The first kappa shape index (κ1) is 21.1. The smallest absolute Gasteiger partial charge is 0.257 e. The lowest BCUT2D eigenvalue weighted by Gasteiger charge is -2.16. The van der Waals surface area contributed by atoms with Gasteiger partial charge in [0.25, 0.3) is 5.91 Å². The predicted molar refractivity (Wildman–Crippen MR) is 117 cm³/mol. The Bertz CT molecular complexity index is 1070. The molecule has 0 spiro atoms. The Morgan fingerprint density at radius 1 is 1.21 bits per heavy atom. The van der Waals surface area contributed by atoms with Gasteiger partial charge >= 0.3 is 0 Å². The fourth-order valence-electron chi connectivity index (χ4n) is 3.57. The number of nitrogens with zero attached hydrogens (tertiary/aromatic N) is 1. The third kappa shape index (κ3) is 4.69. The molecule has 1 heterocycles. The lowest BCUT2D eigenvalue weighted by molar-refractivity contribution is 0.0949. The highest BCUT2D eigenvalue weighted by atomic mass is 35.5. The molecule has 5 nitrogen and oxygen atoms in total. The number of hydrogen-bond acceptors (Lipinski definition) is 3. The average molecular weight is 413 g/mol. The van der Waals surface area contributed by atoms with Crippen LogP contribution in [0.4, 0.5) is 0 Å². The number of carbonyl (C=O) groups excluding carboxylic acids is 1. The van der Waals surface area contributed by atoms with Gasteiger partial charge in [-0.15, -0.1) is 0 Å². The molecule has 1 atom stereocenters. The van der Waals surface area contributed by atoms with E-state index in [1.807, 2.05) is 37.4 Å². The highest BCUT2D eigenvalue weighted by molar-refractivity contribution is 6.30. The molecule has 1 aromatic heterocycles. The fraction of sp³-hybridized carbons (Fsp3) is 0.304. The van der Waals surface area contributed by atoms with Crippen LogP contribution in [0.5, 0.6) is 0 Å². The number of hydrogen-bond donors (Lipinski definition) is 2. The number of amides is 1. The van der Waals surface area contributed by atoms with E-state index in [4.69, 9.17) is 11.6 Å². The van der Waals surface area contributed by atoms with Gasteiger partial charge in [0, 0.05) is 36.8 Å². The summed E-state index contributed by atoms with van der Waals surface area (Å²) >= 11 is 5.88. The normalized spacial score (nSPS) is 12.1. The molecule has 0 fully saturated rings. The first-order valence-corrected chi connectivity index (χ1v) is 10.1. The second kappa shape index (κ2) is 9.25. The quantitative estimate of drug-likeness (QED) is 0.616. The lowest BCUT2D eigenvalue weighted by atomic mass is 9.92. The highest BCUT2D eigenvalue weighted by Crippen LogP contribution is 2.25. The van der Waals surface area contributed by atoms with Crippen molar-refractivity contribution in [1.82, 2.24) is 9.88 Å². The van der Waals surface area contributed by atoms with Gasteiger partial charge in [0.2, 0.25) is 5.43 Å². The summed E-state index contributed by atoms with van der Waals surface area (Å²) in [6, 6.07) is 12.9. The van der Waals surface area contributed by atoms with Gasteiger partial charge in [-0.2, -0.15) is 0 Å². The Morgan fingerprint density at radius 3 is 2.59 bits per heavy atom. The molecule has 0 radical (unpaired) electrons. The standard InChI is InChI=1S/C23H25ClN2O3/c1-3-16(10-11-27)17-6-9-21-19(12-17)22(28)20(14-26(21)2)23(29)25-13-15-4-7-18(24)8-5-15/h4-9,12,14,16,27H,3,10-11,13H2,1-2H3,(H,25,29). The summed E-state index contributed by atoms with van der Waals surface area (Å²) in [4.78, 5) is 25.8. The third-order valence-corrected chi connectivity index (χ3v) is 5.52. The molecule has 152 valence electrons. The molecular formula is C23H25ClN2O3. The van der Waals surface area contributed by atoms with Crippen LogP contribution in [0.2, 0.25) is 5.02 Å². The Balaban J connectivity index is 1.93. The van der Waals surface area contributed by atoms with E-state index in [1.165, 1.54) is 0 Å². The van der Waals surface area contributed by atoms with Gasteiger partial charge < -0.3 is 15.0 Å². The lowest BCUT2D eigenvalue weighted by Crippen LogP contribution is -2.29. The summed E-state index contributed by atoms with van der Waals surface area (Å²) in [5.74, 6) is -0.230. The van der Waals surface area contributed by atoms with Crippen LogP contribution in [-0.4, -0.2) is 22.2 Å². The highest BCUT2D eigenvalue weighted by Gasteiger charge is 2.16. The topological polar surface area (TPSA) is 71.3 Å². The van der Waals surface area contributed by atoms with Crippen LogP contribution in [0.1, 0.15) is 47.2 Å². The van der Waals surface area contributed by atoms with Gasteiger partial charge in [-0.25, -0.2) is 0 Å². The zero-order valence-electron chi connectivity index (χ0n) is 16.6. The molecule has 6 heteroatoms. The maximum atomic E-state index is 13.1. The Labute approximate surface area is 174 Å². The van der Waals surface area contributed by atoms with Gasteiger partial charge in [0.05, 0.1) is 5.52 Å². The van der Waals surface area contributed by atoms with Crippen molar-refractivity contribution in [3.8, 4) is 0 Å². The number of nitrogens with one attached hydrogen (secondary N) is 1. The summed E-state index contributed by atoms with van der Waals surface area (Å²) in [6.45, 7) is 2.47. The minimum atomic E-state index is -0.407. The zero-order chi connectivity index (χ0) is 21.0. The molecule has 0 aliphatic rings. The predicted octanol–water partition coefficient (Wildman–Crippen LogP) is 4.00. The molecule has 3 aromatic rings. The molecule has 0 bridgehead atoms. The number of fused-ring (bicyclic) bond motifs is 1. The Morgan fingerprint density at radius 2 is 1.93 bits per heavy atom. The van der Waals surface area contributed by atoms with Crippen LogP contribution < -0.4 is 10.7 Å². The van der Waals surface area contributed by atoms with Gasteiger partial charge in [0.15, 0.2) is 0 Å². The van der Waals surface area contributed by atoms with E-state index in [9.17, 15) is 14.7 Å². The molecule has 3 rings (SSSR count). The minimum Gasteiger partial charge on any atom is -0.396 e. The molecule has 0 saturated carbocycles. The maximum Gasteiger partial charge on any atom is 0.257 e. The van der Waals surface area contributed by atoms with E-state index in [0.29, 0.717) is 23.4 Å². The number of pyridine rings is 1. The average Bonchev–Trinajstić information content (AvgIpc) is 2.73. The summed E-state index contributed by atoms with van der Waals surface area (Å²) in [5.41, 5.74) is 2.50. The number of aryl methyl sites for hydroxylation is 1. The molecule has 1 unspecified atom stereocenters. The molecular weight excluding hydrogens is 388 g/mol. The largest absolute Gasteiger partial charge is 0.396 e.